The minimum absolute atomic E-state index is 0.242. The number of hydrogen-bond acceptors (Lipinski definition) is 7. The number of carbonyl (C=O) groups is 1. The normalized spacial score (nSPS) is 11.5. The molecule has 0 spiro atoms. The van der Waals surface area contributed by atoms with Gasteiger partial charge >= 0.3 is 5.97 Å². The van der Waals surface area contributed by atoms with Crippen LogP contribution in [0.4, 0.5) is 5.82 Å². The maximum Gasteiger partial charge on any atom is 0.308 e. The van der Waals surface area contributed by atoms with Gasteiger partial charge in [-0.2, -0.15) is 0 Å². The van der Waals surface area contributed by atoms with Crippen molar-refractivity contribution in [3.05, 3.63) is 36.3 Å². The van der Waals surface area contributed by atoms with E-state index in [1.807, 2.05) is 45.0 Å². The second kappa shape index (κ2) is 7.07. The number of tetrazole rings is 1. The molecule has 0 bridgehead atoms. The minimum atomic E-state index is -0.480. The molecular weight excluding hydrogens is 332 g/mol. The summed E-state index contributed by atoms with van der Waals surface area (Å²) in [6.45, 7) is 7.78. The van der Waals surface area contributed by atoms with Crippen molar-refractivity contribution in [1.29, 1.82) is 0 Å². The number of anilines is 1. The lowest BCUT2D eigenvalue weighted by molar-refractivity contribution is -0.154. The fourth-order valence-electron chi connectivity index (χ4n) is 2.49. The molecule has 2 aromatic heterocycles. The molecule has 136 valence electrons. The number of rotatable bonds is 5. The first kappa shape index (κ1) is 17.8. The van der Waals surface area contributed by atoms with E-state index in [1.54, 1.807) is 13.1 Å². The van der Waals surface area contributed by atoms with E-state index in [9.17, 15) is 4.79 Å². The first-order chi connectivity index (χ1) is 12.3. The molecule has 3 aromatic rings. The Morgan fingerprint density at radius 2 is 2.08 bits per heavy atom. The van der Waals surface area contributed by atoms with Crippen LogP contribution in [0, 0.1) is 6.92 Å². The second-order valence-corrected chi connectivity index (χ2v) is 6.95. The first-order valence-electron chi connectivity index (χ1n) is 8.43. The molecule has 1 aromatic carbocycles. The van der Waals surface area contributed by atoms with E-state index in [4.69, 9.17) is 4.74 Å². The zero-order chi connectivity index (χ0) is 18.7. The average Bonchev–Trinajstić information content (AvgIpc) is 2.99. The van der Waals surface area contributed by atoms with E-state index in [1.165, 1.54) is 4.80 Å². The van der Waals surface area contributed by atoms with Crippen LogP contribution in [0.15, 0.2) is 30.5 Å². The first-order valence-corrected chi connectivity index (χ1v) is 8.43. The molecule has 0 saturated heterocycles. The van der Waals surface area contributed by atoms with Gasteiger partial charge in [-0.05, 0) is 56.5 Å². The number of carbonyl (C=O) groups excluding carboxylic acids is 1. The smallest absolute Gasteiger partial charge is 0.308 e. The summed E-state index contributed by atoms with van der Waals surface area (Å²) in [7, 11) is 0. The van der Waals surface area contributed by atoms with E-state index in [2.05, 4.69) is 25.7 Å². The van der Waals surface area contributed by atoms with Crippen LogP contribution in [0.25, 0.3) is 16.5 Å². The van der Waals surface area contributed by atoms with Crippen molar-refractivity contribution in [2.75, 3.05) is 11.9 Å². The Bertz CT molecular complexity index is 929. The van der Waals surface area contributed by atoms with Crippen molar-refractivity contribution >= 4 is 22.6 Å². The predicted octanol–water partition coefficient (Wildman–Crippen LogP) is 2.66. The molecule has 0 amide bonds. The standard InChI is InChI=1S/C18H22N6O2/c1-12-21-23-24(22-12)14-6-5-13-7-9-19-17(15(13)11-14)20-10-8-16(25)26-18(2,3)4/h5-7,9,11H,8,10H2,1-4H3,(H,19,20). The molecular formula is C18H22N6O2. The summed E-state index contributed by atoms with van der Waals surface area (Å²) in [5.74, 6) is 1.06. The number of aryl methyl sites for hydroxylation is 1. The lowest BCUT2D eigenvalue weighted by atomic mass is 10.1. The molecule has 2 heterocycles. The highest BCUT2D eigenvalue weighted by Crippen LogP contribution is 2.23. The van der Waals surface area contributed by atoms with Crippen molar-refractivity contribution in [1.82, 2.24) is 25.2 Å². The van der Waals surface area contributed by atoms with Gasteiger partial charge in [0.15, 0.2) is 5.82 Å². The van der Waals surface area contributed by atoms with Gasteiger partial charge in [-0.15, -0.1) is 15.0 Å². The Morgan fingerprint density at radius 1 is 1.27 bits per heavy atom. The van der Waals surface area contributed by atoms with Gasteiger partial charge in [-0.25, -0.2) is 4.98 Å². The topological polar surface area (TPSA) is 94.8 Å². The van der Waals surface area contributed by atoms with Crippen LogP contribution in [0.2, 0.25) is 0 Å². The Balaban J connectivity index is 1.77. The van der Waals surface area contributed by atoms with Crippen molar-refractivity contribution < 1.29 is 9.53 Å². The molecule has 0 atom stereocenters. The largest absolute Gasteiger partial charge is 0.460 e. The number of fused-ring (bicyclic) bond motifs is 1. The Kier molecular flexibility index (Phi) is 4.83. The maximum atomic E-state index is 11.8. The number of nitrogens with one attached hydrogen (secondary N) is 1. The zero-order valence-electron chi connectivity index (χ0n) is 15.4. The number of benzene rings is 1. The molecule has 8 nitrogen and oxygen atoms in total. The Morgan fingerprint density at radius 3 is 2.77 bits per heavy atom. The molecule has 0 aliphatic heterocycles. The number of hydrogen-bond donors (Lipinski definition) is 1. The van der Waals surface area contributed by atoms with Crippen LogP contribution in [0.5, 0.6) is 0 Å². The maximum absolute atomic E-state index is 11.8. The van der Waals surface area contributed by atoms with Crippen molar-refractivity contribution in [2.45, 2.75) is 39.7 Å². The third kappa shape index (κ3) is 4.33. The molecule has 0 saturated carbocycles. The zero-order valence-corrected chi connectivity index (χ0v) is 15.4. The summed E-state index contributed by atoms with van der Waals surface area (Å²) < 4.78 is 5.32. The molecule has 0 unspecified atom stereocenters. The highest BCUT2D eigenvalue weighted by atomic mass is 16.6. The van der Waals surface area contributed by atoms with Crippen LogP contribution in [0.3, 0.4) is 0 Å². The summed E-state index contributed by atoms with van der Waals surface area (Å²) >= 11 is 0. The number of pyridine rings is 1. The lowest BCUT2D eigenvalue weighted by Gasteiger charge is -2.19. The third-order valence-corrected chi connectivity index (χ3v) is 3.54. The van der Waals surface area contributed by atoms with E-state index < -0.39 is 5.60 Å². The number of ether oxygens (including phenoxy) is 1. The van der Waals surface area contributed by atoms with Gasteiger partial charge in [0.25, 0.3) is 0 Å². The van der Waals surface area contributed by atoms with Crippen LogP contribution in [-0.4, -0.2) is 43.3 Å². The summed E-state index contributed by atoms with van der Waals surface area (Å²) in [6.07, 6.45) is 1.99. The Hall–Kier alpha value is -3.03. The minimum Gasteiger partial charge on any atom is -0.460 e. The number of aromatic nitrogens is 5. The van der Waals surface area contributed by atoms with Gasteiger partial charge in [0.2, 0.25) is 0 Å². The monoisotopic (exact) mass is 354 g/mol. The number of nitrogens with zero attached hydrogens (tertiary/aromatic N) is 5. The molecule has 8 heteroatoms. The molecule has 0 fully saturated rings. The van der Waals surface area contributed by atoms with Gasteiger partial charge in [0.1, 0.15) is 11.4 Å². The SMILES string of the molecule is Cc1nnn(-c2ccc3ccnc(NCCC(=O)OC(C)(C)C)c3c2)n1. The van der Waals surface area contributed by atoms with E-state index in [0.717, 1.165) is 16.5 Å². The highest BCUT2D eigenvalue weighted by molar-refractivity contribution is 5.93. The molecule has 0 aliphatic carbocycles. The molecule has 0 aliphatic rings. The summed E-state index contributed by atoms with van der Waals surface area (Å²) in [6, 6.07) is 7.77. The van der Waals surface area contributed by atoms with Crippen LogP contribution in [-0.2, 0) is 9.53 Å². The molecule has 3 rings (SSSR count). The summed E-state index contributed by atoms with van der Waals surface area (Å²) in [5.41, 5.74) is 0.313. The highest BCUT2D eigenvalue weighted by Gasteiger charge is 2.16. The fourth-order valence-corrected chi connectivity index (χ4v) is 2.49. The lowest BCUT2D eigenvalue weighted by Crippen LogP contribution is -2.25. The van der Waals surface area contributed by atoms with Crippen molar-refractivity contribution in [3.8, 4) is 5.69 Å². The van der Waals surface area contributed by atoms with Crippen LogP contribution < -0.4 is 5.32 Å². The van der Waals surface area contributed by atoms with Gasteiger partial charge in [0, 0.05) is 18.1 Å². The van der Waals surface area contributed by atoms with E-state index >= 15 is 0 Å². The summed E-state index contributed by atoms with van der Waals surface area (Å²) in [5, 5.41) is 17.3. The summed E-state index contributed by atoms with van der Waals surface area (Å²) in [4.78, 5) is 17.7. The third-order valence-electron chi connectivity index (χ3n) is 3.54. The fraction of sp³-hybridized carbons (Fsp3) is 0.389. The van der Waals surface area contributed by atoms with Crippen LogP contribution in [0.1, 0.15) is 33.0 Å². The van der Waals surface area contributed by atoms with E-state index in [0.29, 0.717) is 18.2 Å². The molecule has 26 heavy (non-hydrogen) atoms. The van der Waals surface area contributed by atoms with Gasteiger partial charge < -0.3 is 10.1 Å². The van der Waals surface area contributed by atoms with Gasteiger partial charge in [-0.3, -0.25) is 4.79 Å². The van der Waals surface area contributed by atoms with Crippen molar-refractivity contribution in [2.24, 2.45) is 0 Å². The Labute approximate surface area is 151 Å². The van der Waals surface area contributed by atoms with Crippen molar-refractivity contribution in [3.63, 3.8) is 0 Å². The van der Waals surface area contributed by atoms with Gasteiger partial charge in [-0.1, -0.05) is 6.07 Å². The quantitative estimate of drug-likeness (QED) is 0.704. The number of esters is 1. The second-order valence-electron chi connectivity index (χ2n) is 6.95. The molecule has 0 radical (unpaired) electrons. The van der Waals surface area contributed by atoms with Crippen LogP contribution >= 0.6 is 0 Å². The predicted molar refractivity (Wildman–Crippen MR) is 98.1 cm³/mol. The molecule has 1 N–H and O–H groups in total. The van der Waals surface area contributed by atoms with Gasteiger partial charge in [0.05, 0.1) is 12.1 Å². The average molecular weight is 354 g/mol. The van der Waals surface area contributed by atoms with E-state index in [-0.39, 0.29) is 12.4 Å².